The highest BCUT2D eigenvalue weighted by Crippen LogP contribution is 2.18. The van der Waals surface area contributed by atoms with Gasteiger partial charge in [-0.1, -0.05) is 12.1 Å². The minimum absolute atomic E-state index is 0.0491. The first-order valence-corrected chi connectivity index (χ1v) is 7.75. The van der Waals surface area contributed by atoms with Crippen LogP contribution in [0.25, 0.3) is 0 Å². The average molecular weight is 326 g/mol. The summed E-state index contributed by atoms with van der Waals surface area (Å²) in [5.74, 6) is 0.382. The molecule has 2 amide bonds. The molecule has 0 bridgehead atoms. The molecular weight excluding hydrogens is 304 g/mol. The van der Waals surface area contributed by atoms with Crippen molar-refractivity contribution >= 4 is 23.2 Å². The Morgan fingerprint density at radius 1 is 1.12 bits per heavy atom. The summed E-state index contributed by atoms with van der Waals surface area (Å²) >= 11 is 0. The summed E-state index contributed by atoms with van der Waals surface area (Å²) in [5, 5.41) is 2.80. The molecule has 0 spiro atoms. The molecule has 5 nitrogen and oxygen atoms in total. The molecule has 0 aromatic heterocycles. The van der Waals surface area contributed by atoms with E-state index in [-0.39, 0.29) is 11.8 Å². The number of nitrogens with one attached hydrogen (secondary N) is 1. The lowest BCUT2D eigenvalue weighted by atomic mass is 10.2. The maximum Gasteiger partial charge on any atom is 0.265 e. The largest absolute Gasteiger partial charge is 0.481 e. The number of carbonyl (C=O) groups is 2. The molecule has 0 heterocycles. The number of benzene rings is 2. The monoisotopic (exact) mass is 326 g/mol. The van der Waals surface area contributed by atoms with Crippen molar-refractivity contribution in [3.8, 4) is 5.75 Å². The number of hydrogen-bond acceptors (Lipinski definition) is 3. The predicted molar refractivity (Wildman–Crippen MR) is 95.4 cm³/mol. The maximum absolute atomic E-state index is 12.2. The van der Waals surface area contributed by atoms with Crippen LogP contribution in [0.2, 0.25) is 0 Å². The highest BCUT2D eigenvalue weighted by atomic mass is 16.5. The van der Waals surface area contributed by atoms with Crippen LogP contribution in [0.1, 0.15) is 19.4 Å². The quantitative estimate of drug-likeness (QED) is 0.916. The van der Waals surface area contributed by atoms with Gasteiger partial charge in [-0.25, -0.2) is 0 Å². The SMILES string of the molecule is CC(=O)N(C)c1ccc(NC(=O)[C@H](C)Oc2cccc(C)c2)cc1. The summed E-state index contributed by atoms with van der Waals surface area (Å²) in [4.78, 5) is 25.1. The predicted octanol–water partition coefficient (Wildman–Crippen LogP) is 3.38. The maximum atomic E-state index is 12.2. The van der Waals surface area contributed by atoms with E-state index in [9.17, 15) is 9.59 Å². The Bertz CT molecular complexity index is 726. The van der Waals surface area contributed by atoms with Crippen molar-refractivity contribution in [3.63, 3.8) is 0 Å². The molecule has 5 heteroatoms. The zero-order chi connectivity index (χ0) is 17.7. The first-order chi connectivity index (χ1) is 11.4. The van der Waals surface area contributed by atoms with E-state index in [1.807, 2.05) is 31.2 Å². The molecule has 0 aliphatic rings. The molecule has 0 radical (unpaired) electrons. The van der Waals surface area contributed by atoms with E-state index in [0.717, 1.165) is 11.3 Å². The lowest BCUT2D eigenvalue weighted by Crippen LogP contribution is -2.30. The minimum Gasteiger partial charge on any atom is -0.481 e. The second kappa shape index (κ2) is 7.64. The van der Waals surface area contributed by atoms with Gasteiger partial charge in [-0.3, -0.25) is 9.59 Å². The van der Waals surface area contributed by atoms with Crippen molar-refractivity contribution in [3.05, 3.63) is 54.1 Å². The van der Waals surface area contributed by atoms with Gasteiger partial charge in [0.05, 0.1) is 0 Å². The molecule has 1 atom stereocenters. The summed E-state index contributed by atoms with van der Waals surface area (Å²) in [6, 6.07) is 14.6. The molecule has 0 aliphatic heterocycles. The Hall–Kier alpha value is -2.82. The summed E-state index contributed by atoms with van der Waals surface area (Å²) in [7, 11) is 1.70. The molecule has 0 saturated carbocycles. The molecule has 0 fully saturated rings. The van der Waals surface area contributed by atoms with Gasteiger partial charge in [0.1, 0.15) is 5.75 Å². The van der Waals surface area contributed by atoms with E-state index in [2.05, 4.69) is 5.32 Å². The zero-order valence-corrected chi connectivity index (χ0v) is 14.4. The van der Waals surface area contributed by atoms with Crippen LogP contribution in [-0.4, -0.2) is 25.0 Å². The first-order valence-electron chi connectivity index (χ1n) is 7.75. The fourth-order valence-electron chi connectivity index (χ4n) is 2.14. The molecule has 0 saturated heterocycles. The molecule has 2 aromatic rings. The van der Waals surface area contributed by atoms with Crippen LogP contribution < -0.4 is 15.0 Å². The smallest absolute Gasteiger partial charge is 0.265 e. The van der Waals surface area contributed by atoms with E-state index in [0.29, 0.717) is 11.4 Å². The number of rotatable bonds is 5. The van der Waals surface area contributed by atoms with Gasteiger partial charge in [0.2, 0.25) is 5.91 Å². The number of ether oxygens (including phenoxy) is 1. The third-order valence-corrected chi connectivity index (χ3v) is 3.67. The lowest BCUT2D eigenvalue weighted by molar-refractivity contribution is -0.122. The van der Waals surface area contributed by atoms with Gasteiger partial charge in [-0.15, -0.1) is 0 Å². The number of hydrogen-bond donors (Lipinski definition) is 1. The summed E-state index contributed by atoms with van der Waals surface area (Å²) in [5.41, 5.74) is 2.50. The van der Waals surface area contributed by atoms with Gasteiger partial charge in [-0.05, 0) is 55.8 Å². The average Bonchev–Trinajstić information content (AvgIpc) is 2.54. The van der Waals surface area contributed by atoms with Crippen molar-refractivity contribution in [1.29, 1.82) is 0 Å². The third kappa shape index (κ3) is 4.59. The van der Waals surface area contributed by atoms with Gasteiger partial charge in [0, 0.05) is 25.3 Å². The van der Waals surface area contributed by atoms with Gasteiger partial charge in [-0.2, -0.15) is 0 Å². The van der Waals surface area contributed by atoms with Gasteiger partial charge in [0.25, 0.3) is 5.91 Å². The normalized spacial score (nSPS) is 11.5. The van der Waals surface area contributed by atoms with E-state index in [1.54, 1.807) is 38.2 Å². The Morgan fingerprint density at radius 2 is 1.79 bits per heavy atom. The van der Waals surface area contributed by atoms with Gasteiger partial charge < -0.3 is 15.0 Å². The van der Waals surface area contributed by atoms with E-state index >= 15 is 0 Å². The van der Waals surface area contributed by atoms with Crippen molar-refractivity contribution < 1.29 is 14.3 Å². The van der Waals surface area contributed by atoms with E-state index in [1.165, 1.54) is 11.8 Å². The molecule has 0 unspecified atom stereocenters. The van der Waals surface area contributed by atoms with Crippen LogP contribution in [0.3, 0.4) is 0 Å². The number of carbonyl (C=O) groups excluding carboxylic acids is 2. The van der Waals surface area contributed by atoms with E-state index in [4.69, 9.17) is 4.74 Å². The second-order valence-electron chi connectivity index (χ2n) is 5.69. The van der Waals surface area contributed by atoms with Gasteiger partial charge >= 0.3 is 0 Å². The van der Waals surface area contributed by atoms with Crippen molar-refractivity contribution in [1.82, 2.24) is 0 Å². The van der Waals surface area contributed by atoms with Crippen LogP contribution in [-0.2, 0) is 9.59 Å². The molecule has 126 valence electrons. The number of aryl methyl sites for hydroxylation is 1. The molecular formula is C19H22N2O3. The van der Waals surface area contributed by atoms with Crippen LogP contribution >= 0.6 is 0 Å². The van der Waals surface area contributed by atoms with Crippen LogP contribution in [0.5, 0.6) is 5.75 Å². The Kier molecular flexibility index (Phi) is 5.58. The summed E-state index contributed by atoms with van der Waals surface area (Å²) in [6.07, 6.45) is -0.619. The molecule has 0 aliphatic carbocycles. The molecule has 24 heavy (non-hydrogen) atoms. The second-order valence-corrected chi connectivity index (χ2v) is 5.69. The Labute approximate surface area is 142 Å². The fraction of sp³-hybridized carbons (Fsp3) is 0.263. The number of amides is 2. The molecule has 1 N–H and O–H groups in total. The first kappa shape index (κ1) is 17.5. The minimum atomic E-state index is -0.619. The Balaban J connectivity index is 1.97. The lowest BCUT2D eigenvalue weighted by Gasteiger charge is -2.17. The zero-order valence-electron chi connectivity index (χ0n) is 14.4. The third-order valence-electron chi connectivity index (χ3n) is 3.67. The highest BCUT2D eigenvalue weighted by molar-refractivity contribution is 5.95. The standard InChI is InChI=1S/C19H22N2O3/c1-13-6-5-7-18(12-13)24-14(2)19(23)20-16-8-10-17(11-9-16)21(4)15(3)22/h5-12,14H,1-4H3,(H,20,23)/t14-/m0/s1. The summed E-state index contributed by atoms with van der Waals surface area (Å²) < 4.78 is 5.66. The fourth-order valence-corrected chi connectivity index (χ4v) is 2.14. The Morgan fingerprint density at radius 3 is 2.38 bits per heavy atom. The topological polar surface area (TPSA) is 58.6 Å². The van der Waals surface area contributed by atoms with Crippen LogP contribution in [0.15, 0.2) is 48.5 Å². The molecule has 2 aromatic carbocycles. The van der Waals surface area contributed by atoms with Crippen molar-refractivity contribution in [2.24, 2.45) is 0 Å². The van der Waals surface area contributed by atoms with Crippen molar-refractivity contribution in [2.45, 2.75) is 26.9 Å². The summed E-state index contributed by atoms with van der Waals surface area (Å²) in [6.45, 7) is 5.17. The number of nitrogens with zero attached hydrogens (tertiary/aromatic N) is 1. The van der Waals surface area contributed by atoms with Crippen LogP contribution in [0, 0.1) is 6.92 Å². The van der Waals surface area contributed by atoms with Crippen LogP contribution in [0.4, 0.5) is 11.4 Å². The van der Waals surface area contributed by atoms with Crippen molar-refractivity contribution in [2.75, 3.05) is 17.3 Å². The van der Waals surface area contributed by atoms with Gasteiger partial charge in [0.15, 0.2) is 6.10 Å². The molecule has 2 rings (SSSR count). The highest BCUT2D eigenvalue weighted by Gasteiger charge is 2.15. The number of anilines is 2. The van der Waals surface area contributed by atoms with E-state index < -0.39 is 6.10 Å².